The summed E-state index contributed by atoms with van der Waals surface area (Å²) in [5, 5.41) is 5.05. The van der Waals surface area contributed by atoms with Gasteiger partial charge in [0.2, 0.25) is 0 Å². The zero-order valence-electron chi connectivity index (χ0n) is 11.1. The molecule has 20 heavy (non-hydrogen) atoms. The van der Waals surface area contributed by atoms with Gasteiger partial charge in [0.25, 0.3) is 0 Å². The maximum Gasteiger partial charge on any atom is 0.0949 e. The standard InChI is InChI=1S/C15H17Cl2N3/c16-12-3-1-4-13(17)11(12)9-19-14-5-2-6-15(14)20-8-7-18-10-20/h1,3-4,7-8,10,14-15,19H,2,5-6,9H2. The van der Waals surface area contributed by atoms with E-state index in [9.17, 15) is 0 Å². The Hall–Kier alpha value is -1.03. The van der Waals surface area contributed by atoms with Crippen LogP contribution in [0.3, 0.4) is 0 Å². The number of imidazole rings is 1. The number of halogens is 2. The third kappa shape index (κ3) is 2.85. The summed E-state index contributed by atoms with van der Waals surface area (Å²) in [4.78, 5) is 4.14. The second-order valence-corrected chi connectivity index (χ2v) is 6.01. The Morgan fingerprint density at radius 3 is 2.75 bits per heavy atom. The van der Waals surface area contributed by atoms with Crippen molar-refractivity contribution in [2.24, 2.45) is 0 Å². The van der Waals surface area contributed by atoms with Gasteiger partial charge in [0.15, 0.2) is 0 Å². The molecule has 1 aromatic heterocycles. The van der Waals surface area contributed by atoms with Gasteiger partial charge < -0.3 is 9.88 Å². The highest BCUT2D eigenvalue weighted by atomic mass is 35.5. The monoisotopic (exact) mass is 309 g/mol. The Morgan fingerprint density at radius 1 is 1.25 bits per heavy atom. The van der Waals surface area contributed by atoms with Gasteiger partial charge in [-0.3, -0.25) is 0 Å². The molecule has 1 saturated carbocycles. The fourth-order valence-corrected chi connectivity index (χ4v) is 3.47. The Bertz CT molecular complexity index is 548. The Morgan fingerprint density at radius 2 is 2.05 bits per heavy atom. The summed E-state index contributed by atoms with van der Waals surface area (Å²) < 4.78 is 2.19. The average molecular weight is 310 g/mol. The summed E-state index contributed by atoms with van der Waals surface area (Å²) in [5.41, 5.74) is 0.979. The minimum atomic E-state index is 0.441. The van der Waals surface area contributed by atoms with Crippen LogP contribution in [0, 0.1) is 0 Å². The van der Waals surface area contributed by atoms with Crippen LogP contribution in [0.25, 0.3) is 0 Å². The van der Waals surface area contributed by atoms with Gasteiger partial charge in [0.1, 0.15) is 0 Å². The van der Waals surface area contributed by atoms with Crippen molar-refractivity contribution in [3.63, 3.8) is 0 Å². The van der Waals surface area contributed by atoms with Crippen LogP contribution in [0.4, 0.5) is 0 Å². The van der Waals surface area contributed by atoms with E-state index in [1.54, 1.807) is 0 Å². The van der Waals surface area contributed by atoms with Crippen LogP contribution in [-0.4, -0.2) is 15.6 Å². The first kappa shape index (κ1) is 13.9. The number of hydrogen-bond donors (Lipinski definition) is 1. The predicted molar refractivity (Wildman–Crippen MR) is 82.2 cm³/mol. The van der Waals surface area contributed by atoms with Gasteiger partial charge >= 0.3 is 0 Å². The molecule has 0 saturated heterocycles. The van der Waals surface area contributed by atoms with Crippen LogP contribution in [-0.2, 0) is 6.54 Å². The molecule has 1 aromatic carbocycles. The average Bonchev–Trinajstić information content (AvgIpc) is 3.08. The lowest BCUT2D eigenvalue weighted by Gasteiger charge is -2.22. The molecular formula is C15H17Cl2N3. The van der Waals surface area contributed by atoms with E-state index in [4.69, 9.17) is 23.2 Å². The Labute approximate surface area is 128 Å². The molecule has 2 aromatic rings. The van der Waals surface area contributed by atoms with E-state index in [1.807, 2.05) is 36.9 Å². The lowest BCUT2D eigenvalue weighted by molar-refractivity contribution is 0.390. The van der Waals surface area contributed by atoms with E-state index >= 15 is 0 Å². The Kier molecular flexibility index (Phi) is 4.29. The predicted octanol–water partition coefficient (Wildman–Crippen LogP) is 4.07. The summed E-state index contributed by atoms with van der Waals surface area (Å²) in [5.74, 6) is 0. The molecule has 1 aliphatic carbocycles. The number of nitrogens with one attached hydrogen (secondary N) is 1. The first-order valence-electron chi connectivity index (χ1n) is 6.89. The van der Waals surface area contributed by atoms with Gasteiger partial charge in [0, 0.05) is 46.6 Å². The fourth-order valence-electron chi connectivity index (χ4n) is 2.94. The van der Waals surface area contributed by atoms with Crippen LogP contribution in [0.2, 0.25) is 10.0 Å². The van der Waals surface area contributed by atoms with Crippen molar-refractivity contribution in [2.45, 2.75) is 37.9 Å². The molecule has 3 rings (SSSR count). The van der Waals surface area contributed by atoms with E-state index in [-0.39, 0.29) is 0 Å². The highest BCUT2D eigenvalue weighted by Gasteiger charge is 2.28. The maximum absolute atomic E-state index is 6.21. The first-order chi connectivity index (χ1) is 9.75. The normalized spacial score (nSPS) is 22.3. The minimum Gasteiger partial charge on any atom is -0.333 e. The smallest absolute Gasteiger partial charge is 0.0949 e. The molecule has 5 heteroatoms. The van der Waals surface area contributed by atoms with Gasteiger partial charge in [-0.25, -0.2) is 4.98 Å². The second kappa shape index (κ2) is 6.17. The molecule has 0 spiro atoms. The van der Waals surface area contributed by atoms with E-state index in [0.717, 1.165) is 15.6 Å². The molecule has 0 radical (unpaired) electrons. The molecule has 1 heterocycles. The first-order valence-corrected chi connectivity index (χ1v) is 7.65. The quantitative estimate of drug-likeness (QED) is 0.922. The van der Waals surface area contributed by atoms with Crippen LogP contribution in [0.5, 0.6) is 0 Å². The van der Waals surface area contributed by atoms with Crippen molar-refractivity contribution in [3.05, 3.63) is 52.5 Å². The third-order valence-corrected chi connectivity index (χ3v) is 4.70. The molecular weight excluding hydrogens is 293 g/mol. The van der Waals surface area contributed by atoms with Crippen molar-refractivity contribution >= 4 is 23.2 Å². The molecule has 3 nitrogen and oxygen atoms in total. The maximum atomic E-state index is 6.21. The van der Waals surface area contributed by atoms with Crippen molar-refractivity contribution in [3.8, 4) is 0 Å². The van der Waals surface area contributed by atoms with Gasteiger partial charge in [-0.15, -0.1) is 0 Å². The summed E-state index contributed by atoms with van der Waals surface area (Å²) >= 11 is 12.4. The summed E-state index contributed by atoms with van der Waals surface area (Å²) in [6, 6.07) is 6.55. The number of hydrogen-bond acceptors (Lipinski definition) is 2. The third-order valence-electron chi connectivity index (χ3n) is 3.99. The molecule has 0 aliphatic heterocycles. The van der Waals surface area contributed by atoms with Gasteiger partial charge in [-0.2, -0.15) is 0 Å². The van der Waals surface area contributed by atoms with Crippen LogP contribution in [0.1, 0.15) is 30.9 Å². The van der Waals surface area contributed by atoms with Crippen LogP contribution in [0.15, 0.2) is 36.9 Å². The number of rotatable bonds is 4. The summed E-state index contributed by atoms with van der Waals surface area (Å²) in [6.45, 7) is 0.703. The molecule has 1 N–H and O–H groups in total. The van der Waals surface area contributed by atoms with E-state index in [2.05, 4.69) is 14.9 Å². The van der Waals surface area contributed by atoms with Crippen LogP contribution < -0.4 is 5.32 Å². The van der Waals surface area contributed by atoms with E-state index < -0.39 is 0 Å². The van der Waals surface area contributed by atoms with Gasteiger partial charge in [-0.1, -0.05) is 29.3 Å². The van der Waals surface area contributed by atoms with Crippen molar-refractivity contribution < 1.29 is 0 Å². The molecule has 0 bridgehead atoms. The fraction of sp³-hybridized carbons (Fsp3) is 0.400. The Balaban J connectivity index is 1.69. The van der Waals surface area contributed by atoms with E-state index in [0.29, 0.717) is 18.6 Å². The van der Waals surface area contributed by atoms with Gasteiger partial charge in [0.05, 0.1) is 6.33 Å². The number of benzene rings is 1. The molecule has 0 amide bonds. The van der Waals surface area contributed by atoms with Gasteiger partial charge in [-0.05, 0) is 31.4 Å². The highest BCUT2D eigenvalue weighted by molar-refractivity contribution is 6.35. The number of nitrogens with zero attached hydrogens (tertiary/aromatic N) is 2. The lowest BCUT2D eigenvalue weighted by Crippen LogP contribution is -2.33. The van der Waals surface area contributed by atoms with Crippen molar-refractivity contribution in [1.29, 1.82) is 0 Å². The highest BCUT2D eigenvalue weighted by Crippen LogP contribution is 2.31. The number of aromatic nitrogens is 2. The topological polar surface area (TPSA) is 29.9 Å². The molecule has 1 fully saturated rings. The lowest BCUT2D eigenvalue weighted by atomic mass is 10.1. The van der Waals surface area contributed by atoms with E-state index in [1.165, 1.54) is 19.3 Å². The molecule has 2 atom stereocenters. The summed E-state index contributed by atoms with van der Waals surface area (Å²) in [6.07, 6.45) is 9.35. The minimum absolute atomic E-state index is 0.441. The summed E-state index contributed by atoms with van der Waals surface area (Å²) in [7, 11) is 0. The molecule has 106 valence electrons. The molecule has 1 aliphatic rings. The second-order valence-electron chi connectivity index (χ2n) is 5.20. The largest absolute Gasteiger partial charge is 0.333 e. The van der Waals surface area contributed by atoms with Crippen molar-refractivity contribution in [2.75, 3.05) is 0 Å². The van der Waals surface area contributed by atoms with Crippen LogP contribution >= 0.6 is 23.2 Å². The zero-order valence-corrected chi connectivity index (χ0v) is 12.6. The molecule has 2 unspecified atom stereocenters. The SMILES string of the molecule is Clc1cccc(Cl)c1CNC1CCCC1n1ccnc1. The van der Waals surface area contributed by atoms with Crippen molar-refractivity contribution in [1.82, 2.24) is 14.9 Å². The zero-order chi connectivity index (χ0) is 13.9.